The highest BCUT2D eigenvalue weighted by molar-refractivity contribution is 5.82. The van der Waals surface area contributed by atoms with Crippen LogP contribution in [0.15, 0.2) is 24.3 Å². The topological polar surface area (TPSA) is 69.6 Å². The predicted octanol–water partition coefficient (Wildman–Crippen LogP) is 2.19. The number of hydrogen-bond donors (Lipinski definition) is 2. The second kappa shape index (κ2) is 7.11. The van der Waals surface area contributed by atoms with Crippen molar-refractivity contribution in [1.29, 1.82) is 0 Å². The van der Waals surface area contributed by atoms with Crippen LogP contribution in [0.1, 0.15) is 30.4 Å². The monoisotopic (exact) mass is 290 g/mol. The molecule has 2 N–H and O–H groups in total. The van der Waals surface area contributed by atoms with Crippen LogP contribution in [0.2, 0.25) is 0 Å². The minimum absolute atomic E-state index is 0.268. The molecule has 0 saturated carbocycles. The number of carboxylic acid groups (broad SMARTS) is 1. The fourth-order valence-corrected chi connectivity index (χ4v) is 2.73. The van der Waals surface area contributed by atoms with Gasteiger partial charge in [-0.3, -0.25) is 0 Å². The van der Waals surface area contributed by atoms with Crippen LogP contribution in [-0.2, 0) is 11.2 Å². The summed E-state index contributed by atoms with van der Waals surface area (Å²) in [6.07, 6.45) is 3.03. The van der Waals surface area contributed by atoms with Crippen molar-refractivity contribution < 1.29 is 14.7 Å². The number of hydrogen-bond acceptors (Lipinski definition) is 2. The predicted molar refractivity (Wildman–Crippen MR) is 80.3 cm³/mol. The number of aryl methyl sites for hydroxylation is 1. The first-order valence-electron chi connectivity index (χ1n) is 7.41. The Bertz CT molecular complexity index is 516. The number of carbonyl (C=O) groups excluding carboxylic acids is 1. The Kier molecular flexibility index (Phi) is 5.20. The van der Waals surface area contributed by atoms with E-state index in [4.69, 9.17) is 0 Å². The third kappa shape index (κ3) is 3.97. The van der Waals surface area contributed by atoms with Crippen LogP contribution < -0.4 is 5.32 Å². The van der Waals surface area contributed by atoms with Crippen molar-refractivity contribution in [3.05, 3.63) is 35.4 Å². The average molecular weight is 290 g/mol. The summed E-state index contributed by atoms with van der Waals surface area (Å²) >= 11 is 0. The Hall–Kier alpha value is -2.04. The highest BCUT2D eigenvalue weighted by Crippen LogP contribution is 2.17. The highest BCUT2D eigenvalue weighted by atomic mass is 16.4. The standard InChI is InChI=1S/C16H22N2O3/c1-12-6-2-3-7-13(12)9-10-17-16(21)18-11-5-4-8-14(18)15(19)20/h2-3,6-7,14H,4-5,8-11H2,1H3,(H,17,21)(H,19,20). The van der Waals surface area contributed by atoms with Gasteiger partial charge in [0.1, 0.15) is 6.04 Å². The molecule has 5 heteroatoms. The molecule has 0 bridgehead atoms. The normalized spacial score (nSPS) is 18.3. The van der Waals surface area contributed by atoms with Crippen molar-refractivity contribution in [3.63, 3.8) is 0 Å². The molecule has 114 valence electrons. The van der Waals surface area contributed by atoms with Gasteiger partial charge in [-0.15, -0.1) is 0 Å². The van der Waals surface area contributed by atoms with E-state index in [1.807, 2.05) is 31.2 Å². The lowest BCUT2D eigenvalue weighted by Gasteiger charge is -2.32. The summed E-state index contributed by atoms with van der Waals surface area (Å²) in [5, 5.41) is 12.0. The minimum Gasteiger partial charge on any atom is -0.480 e. The molecule has 2 rings (SSSR count). The first-order valence-corrected chi connectivity index (χ1v) is 7.41. The van der Waals surface area contributed by atoms with Gasteiger partial charge in [-0.05, 0) is 43.7 Å². The maximum Gasteiger partial charge on any atom is 0.326 e. The van der Waals surface area contributed by atoms with E-state index in [9.17, 15) is 14.7 Å². The Balaban J connectivity index is 1.86. The van der Waals surface area contributed by atoms with Gasteiger partial charge in [0.2, 0.25) is 0 Å². The quantitative estimate of drug-likeness (QED) is 0.893. The highest BCUT2D eigenvalue weighted by Gasteiger charge is 2.31. The Morgan fingerprint density at radius 1 is 1.33 bits per heavy atom. The smallest absolute Gasteiger partial charge is 0.326 e. The summed E-state index contributed by atoms with van der Waals surface area (Å²) in [6.45, 7) is 3.09. The SMILES string of the molecule is Cc1ccccc1CCNC(=O)N1CCCCC1C(=O)O. The van der Waals surface area contributed by atoms with E-state index in [1.54, 1.807) is 0 Å². The largest absolute Gasteiger partial charge is 0.480 e. The number of rotatable bonds is 4. The first-order chi connectivity index (χ1) is 10.1. The second-order valence-electron chi connectivity index (χ2n) is 5.45. The maximum absolute atomic E-state index is 12.1. The van der Waals surface area contributed by atoms with Crippen molar-refractivity contribution in [3.8, 4) is 0 Å². The van der Waals surface area contributed by atoms with Gasteiger partial charge in [-0.2, -0.15) is 0 Å². The summed E-state index contributed by atoms with van der Waals surface area (Å²) in [6, 6.07) is 7.11. The fraction of sp³-hybridized carbons (Fsp3) is 0.500. The van der Waals surface area contributed by atoms with Crippen molar-refractivity contribution in [2.45, 2.75) is 38.6 Å². The summed E-state index contributed by atoms with van der Waals surface area (Å²) in [7, 11) is 0. The molecule has 1 heterocycles. The Morgan fingerprint density at radius 3 is 2.81 bits per heavy atom. The molecule has 1 aliphatic heterocycles. The lowest BCUT2D eigenvalue weighted by molar-refractivity contribution is -0.143. The molecule has 1 saturated heterocycles. The number of urea groups is 1. The van der Waals surface area contributed by atoms with Crippen molar-refractivity contribution in [2.24, 2.45) is 0 Å². The summed E-state index contributed by atoms with van der Waals surface area (Å²) in [5.74, 6) is -0.913. The van der Waals surface area contributed by atoms with E-state index in [-0.39, 0.29) is 6.03 Å². The zero-order valence-corrected chi connectivity index (χ0v) is 12.3. The molecule has 1 fully saturated rings. The van der Waals surface area contributed by atoms with Gasteiger partial charge in [-0.25, -0.2) is 9.59 Å². The number of carboxylic acids is 1. The molecule has 0 radical (unpaired) electrons. The molecule has 0 aromatic heterocycles. The van der Waals surface area contributed by atoms with Gasteiger partial charge in [0.05, 0.1) is 0 Å². The fourth-order valence-electron chi connectivity index (χ4n) is 2.73. The van der Waals surface area contributed by atoms with Crippen LogP contribution in [0.25, 0.3) is 0 Å². The first kappa shape index (κ1) is 15.4. The van der Waals surface area contributed by atoms with Crippen LogP contribution in [0.5, 0.6) is 0 Å². The molecule has 21 heavy (non-hydrogen) atoms. The number of aliphatic carboxylic acids is 1. The van der Waals surface area contributed by atoms with Crippen LogP contribution in [-0.4, -0.2) is 41.1 Å². The number of nitrogens with one attached hydrogen (secondary N) is 1. The Morgan fingerprint density at radius 2 is 2.10 bits per heavy atom. The van der Waals surface area contributed by atoms with E-state index >= 15 is 0 Å². The van der Waals surface area contributed by atoms with Gasteiger partial charge in [0.25, 0.3) is 0 Å². The lowest BCUT2D eigenvalue weighted by atomic mass is 10.0. The molecular formula is C16H22N2O3. The third-order valence-corrected chi connectivity index (χ3v) is 3.98. The number of piperidine rings is 1. The van der Waals surface area contributed by atoms with E-state index in [1.165, 1.54) is 16.0 Å². The van der Waals surface area contributed by atoms with Gasteiger partial charge in [0, 0.05) is 13.1 Å². The molecule has 1 unspecified atom stereocenters. The molecule has 5 nitrogen and oxygen atoms in total. The average Bonchev–Trinajstić information content (AvgIpc) is 2.49. The molecule has 0 spiro atoms. The molecule has 2 amide bonds. The summed E-state index contributed by atoms with van der Waals surface area (Å²) in [4.78, 5) is 24.8. The molecule has 1 aromatic carbocycles. The van der Waals surface area contributed by atoms with Crippen LogP contribution in [0.3, 0.4) is 0 Å². The number of likely N-dealkylation sites (tertiary alicyclic amines) is 1. The van der Waals surface area contributed by atoms with Crippen LogP contribution in [0.4, 0.5) is 4.79 Å². The zero-order valence-electron chi connectivity index (χ0n) is 12.3. The second-order valence-corrected chi connectivity index (χ2v) is 5.45. The molecule has 0 aliphatic carbocycles. The van der Waals surface area contributed by atoms with Crippen molar-refractivity contribution in [2.75, 3.05) is 13.1 Å². The molecule has 1 atom stereocenters. The lowest BCUT2D eigenvalue weighted by Crippen LogP contribution is -2.52. The number of carbonyl (C=O) groups is 2. The van der Waals surface area contributed by atoms with E-state index in [0.717, 1.165) is 19.3 Å². The van der Waals surface area contributed by atoms with Gasteiger partial charge < -0.3 is 15.3 Å². The molecule has 1 aliphatic rings. The molecule has 1 aromatic rings. The zero-order chi connectivity index (χ0) is 15.2. The third-order valence-electron chi connectivity index (χ3n) is 3.98. The molecular weight excluding hydrogens is 268 g/mol. The van der Waals surface area contributed by atoms with Crippen molar-refractivity contribution in [1.82, 2.24) is 10.2 Å². The number of nitrogens with zero attached hydrogens (tertiary/aromatic N) is 1. The van der Waals surface area contributed by atoms with Gasteiger partial charge >= 0.3 is 12.0 Å². The summed E-state index contributed by atoms with van der Waals surface area (Å²) < 4.78 is 0. The van der Waals surface area contributed by atoms with Gasteiger partial charge in [0.15, 0.2) is 0 Å². The van der Waals surface area contributed by atoms with Gasteiger partial charge in [-0.1, -0.05) is 24.3 Å². The number of amides is 2. The van der Waals surface area contributed by atoms with Crippen LogP contribution in [0, 0.1) is 6.92 Å². The summed E-state index contributed by atoms with van der Waals surface area (Å²) in [5.41, 5.74) is 2.40. The van der Waals surface area contributed by atoms with Crippen molar-refractivity contribution >= 4 is 12.0 Å². The Labute approximate surface area is 125 Å². The maximum atomic E-state index is 12.1. The van der Waals surface area contributed by atoms with Crippen LogP contribution >= 0.6 is 0 Å². The minimum atomic E-state index is -0.913. The van der Waals surface area contributed by atoms with E-state index < -0.39 is 12.0 Å². The van der Waals surface area contributed by atoms with E-state index in [2.05, 4.69) is 5.32 Å². The number of benzene rings is 1. The van der Waals surface area contributed by atoms with E-state index in [0.29, 0.717) is 19.5 Å².